The van der Waals surface area contributed by atoms with Crippen molar-refractivity contribution in [2.45, 2.75) is 19.1 Å². The topological polar surface area (TPSA) is 84.8 Å². The Morgan fingerprint density at radius 2 is 2.00 bits per heavy atom. The predicted molar refractivity (Wildman–Crippen MR) is 82.2 cm³/mol. The number of nitrogens with zero attached hydrogens (tertiary/aromatic N) is 3. The summed E-state index contributed by atoms with van der Waals surface area (Å²) in [6.07, 6.45) is -5.48. The van der Waals surface area contributed by atoms with Crippen LogP contribution in [0.4, 0.5) is 18.0 Å². The first kappa shape index (κ1) is 17.8. The van der Waals surface area contributed by atoms with Gasteiger partial charge in [0.2, 0.25) is 5.88 Å². The van der Waals surface area contributed by atoms with Crippen molar-refractivity contribution in [1.29, 1.82) is 0 Å². The second kappa shape index (κ2) is 6.70. The van der Waals surface area contributed by atoms with Gasteiger partial charge in [-0.25, -0.2) is 4.79 Å². The summed E-state index contributed by atoms with van der Waals surface area (Å²) in [4.78, 5) is 20.4. The number of halogens is 3. The fraction of sp³-hybridized carbons (Fsp3) is 0.312. The van der Waals surface area contributed by atoms with Crippen LogP contribution in [0, 0.1) is 0 Å². The highest BCUT2D eigenvalue weighted by molar-refractivity contribution is 5.65. The number of hydrogen-bond acceptors (Lipinski definition) is 5. The SMILES string of the molecule is COc1nc2c(c(Oc3ccccc3C(F)(F)F)n1)CCN(C(=O)O)C2. The molecule has 1 aliphatic heterocycles. The average molecular weight is 369 g/mol. The molecule has 2 heterocycles. The number of hydrogen-bond donors (Lipinski definition) is 1. The van der Waals surface area contributed by atoms with Gasteiger partial charge in [0.15, 0.2) is 0 Å². The van der Waals surface area contributed by atoms with E-state index in [0.717, 1.165) is 11.0 Å². The monoisotopic (exact) mass is 369 g/mol. The maximum absolute atomic E-state index is 13.2. The molecule has 0 unspecified atom stereocenters. The molecule has 1 amide bonds. The van der Waals surface area contributed by atoms with Crippen molar-refractivity contribution in [3.63, 3.8) is 0 Å². The highest BCUT2D eigenvalue weighted by Crippen LogP contribution is 2.39. The van der Waals surface area contributed by atoms with Gasteiger partial charge in [-0.05, 0) is 18.6 Å². The van der Waals surface area contributed by atoms with Crippen LogP contribution in [0.25, 0.3) is 0 Å². The lowest BCUT2D eigenvalue weighted by Gasteiger charge is -2.26. The van der Waals surface area contributed by atoms with Crippen molar-refractivity contribution in [2.24, 2.45) is 0 Å². The number of carboxylic acid groups (broad SMARTS) is 1. The summed E-state index contributed by atoms with van der Waals surface area (Å²) in [7, 11) is 1.30. The summed E-state index contributed by atoms with van der Waals surface area (Å²) in [5, 5.41) is 9.12. The van der Waals surface area contributed by atoms with Gasteiger partial charge in [0, 0.05) is 12.1 Å². The highest BCUT2D eigenvalue weighted by atomic mass is 19.4. The lowest BCUT2D eigenvalue weighted by Crippen LogP contribution is -2.35. The van der Waals surface area contributed by atoms with E-state index in [1.165, 1.54) is 25.3 Å². The molecule has 0 spiro atoms. The predicted octanol–water partition coefficient (Wildman–Crippen LogP) is 3.33. The standard InChI is InChI=1S/C16H14F3N3O4/c1-25-14-20-11-8-22(15(23)24)7-6-9(11)13(21-14)26-12-5-3-2-4-10(12)16(17,18)19/h2-5H,6-8H2,1H3,(H,23,24). The number of aromatic nitrogens is 2. The summed E-state index contributed by atoms with van der Waals surface area (Å²) in [5.41, 5.74) is -0.139. The van der Waals surface area contributed by atoms with Gasteiger partial charge in [-0.1, -0.05) is 12.1 Å². The maximum atomic E-state index is 13.2. The molecule has 0 radical (unpaired) electrons. The minimum Gasteiger partial charge on any atom is -0.467 e. The highest BCUT2D eigenvalue weighted by Gasteiger charge is 2.35. The van der Waals surface area contributed by atoms with Gasteiger partial charge >= 0.3 is 18.3 Å². The fourth-order valence-corrected chi connectivity index (χ4v) is 2.61. The van der Waals surface area contributed by atoms with Crippen LogP contribution in [-0.2, 0) is 19.1 Å². The number of benzene rings is 1. The van der Waals surface area contributed by atoms with E-state index < -0.39 is 23.6 Å². The Morgan fingerprint density at radius 1 is 1.27 bits per heavy atom. The van der Waals surface area contributed by atoms with Crippen LogP contribution in [-0.4, -0.2) is 39.7 Å². The number of fused-ring (bicyclic) bond motifs is 1. The van der Waals surface area contributed by atoms with Crippen molar-refractivity contribution in [2.75, 3.05) is 13.7 Å². The number of ether oxygens (including phenoxy) is 2. The van der Waals surface area contributed by atoms with Gasteiger partial charge in [0.05, 0.1) is 24.9 Å². The maximum Gasteiger partial charge on any atom is 0.419 e. The Morgan fingerprint density at radius 3 is 2.65 bits per heavy atom. The van der Waals surface area contributed by atoms with E-state index in [0.29, 0.717) is 11.3 Å². The Kier molecular flexibility index (Phi) is 4.58. The van der Waals surface area contributed by atoms with E-state index in [9.17, 15) is 18.0 Å². The van der Waals surface area contributed by atoms with Crippen LogP contribution in [0.5, 0.6) is 17.6 Å². The number of carbonyl (C=O) groups is 1. The van der Waals surface area contributed by atoms with E-state index in [2.05, 4.69) is 9.97 Å². The van der Waals surface area contributed by atoms with Gasteiger partial charge < -0.3 is 19.5 Å². The molecule has 0 bridgehead atoms. The van der Waals surface area contributed by atoms with Gasteiger partial charge in [0.25, 0.3) is 0 Å². The molecule has 0 aliphatic carbocycles. The second-order valence-electron chi connectivity index (χ2n) is 5.49. The molecule has 0 saturated heterocycles. The minimum absolute atomic E-state index is 0.0270. The number of rotatable bonds is 3. The van der Waals surface area contributed by atoms with E-state index in [1.807, 2.05) is 0 Å². The molecule has 2 aromatic rings. The molecule has 1 aromatic carbocycles. The molecule has 1 aromatic heterocycles. The molecule has 0 saturated carbocycles. The van der Waals surface area contributed by atoms with Crippen molar-refractivity contribution in [3.8, 4) is 17.6 Å². The normalized spacial score (nSPS) is 13.9. The number of alkyl halides is 3. The molecular weight excluding hydrogens is 355 g/mol. The lowest BCUT2D eigenvalue weighted by molar-refractivity contribution is -0.138. The summed E-state index contributed by atoms with van der Waals surface area (Å²) in [6, 6.07) is 4.66. The van der Waals surface area contributed by atoms with Crippen molar-refractivity contribution < 1.29 is 32.5 Å². The fourth-order valence-electron chi connectivity index (χ4n) is 2.61. The molecule has 138 valence electrons. The first-order chi connectivity index (χ1) is 12.3. The second-order valence-corrected chi connectivity index (χ2v) is 5.49. The van der Waals surface area contributed by atoms with E-state index in [1.54, 1.807) is 0 Å². The molecule has 0 fully saturated rings. The van der Waals surface area contributed by atoms with Gasteiger partial charge in [-0.3, -0.25) is 0 Å². The largest absolute Gasteiger partial charge is 0.467 e. The Bertz CT molecular complexity index is 842. The third-order valence-corrected chi connectivity index (χ3v) is 3.86. The minimum atomic E-state index is -4.59. The Hall–Kier alpha value is -3.04. The van der Waals surface area contributed by atoms with Gasteiger partial charge in [-0.2, -0.15) is 23.1 Å². The third-order valence-electron chi connectivity index (χ3n) is 3.86. The molecule has 3 rings (SSSR count). The summed E-state index contributed by atoms with van der Waals surface area (Å²) < 4.78 is 49.9. The van der Waals surface area contributed by atoms with Gasteiger partial charge in [-0.15, -0.1) is 0 Å². The average Bonchev–Trinajstić information content (AvgIpc) is 2.60. The van der Waals surface area contributed by atoms with Crippen LogP contribution in [0.2, 0.25) is 0 Å². The van der Waals surface area contributed by atoms with Crippen LogP contribution in [0.1, 0.15) is 16.8 Å². The van der Waals surface area contributed by atoms with Crippen molar-refractivity contribution in [1.82, 2.24) is 14.9 Å². The summed E-state index contributed by atoms with van der Waals surface area (Å²) in [5.74, 6) is -0.475. The first-order valence-electron chi connectivity index (χ1n) is 7.55. The van der Waals surface area contributed by atoms with E-state index in [-0.39, 0.29) is 31.4 Å². The van der Waals surface area contributed by atoms with Crippen molar-refractivity contribution >= 4 is 6.09 Å². The van der Waals surface area contributed by atoms with Crippen molar-refractivity contribution in [3.05, 3.63) is 41.1 Å². The molecular formula is C16H14F3N3O4. The lowest BCUT2D eigenvalue weighted by atomic mass is 10.1. The molecule has 1 aliphatic rings. The summed E-state index contributed by atoms with van der Waals surface area (Å²) in [6.45, 7) is 0.135. The quantitative estimate of drug-likeness (QED) is 0.893. The molecule has 0 atom stereocenters. The Balaban J connectivity index is 2.02. The zero-order valence-corrected chi connectivity index (χ0v) is 13.6. The smallest absolute Gasteiger partial charge is 0.419 e. The molecule has 1 N–H and O–H groups in total. The first-order valence-corrected chi connectivity index (χ1v) is 7.55. The van der Waals surface area contributed by atoms with Crippen LogP contribution < -0.4 is 9.47 Å². The Labute approximate surface area is 146 Å². The van der Waals surface area contributed by atoms with E-state index in [4.69, 9.17) is 14.6 Å². The number of para-hydroxylation sites is 1. The number of methoxy groups -OCH3 is 1. The number of amides is 1. The molecule has 26 heavy (non-hydrogen) atoms. The zero-order valence-electron chi connectivity index (χ0n) is 13.6. The zero-order chi connectivity index (χ0) is 18.9. The molecule has 7 nitrogen and oxygen atoms in total. The van der Waals surface area contributed by atoms with E-state index >= 15 is 0 Å². The van der Waals surface area contributed by atoms with Gasteiger partial charge in [0.1, 0.15) is 5.75 Å². The van der Waals surface area contributed by atoms with Crippen LogP contribution in [0.3, 0.4) is 0 Å². The third kappa shape index (κ3) is 3.48. The molecule has 10 heteroatoms. The summed E-state index contributed by atoms with van der Waals surface area (Å²) >= 11 is 0. The van der Waals surface area contributed by atoms with Crippen LogP contribution in [0.15, 0.2) is 24.3 Å². The van der Waals surface area contributed by atoms with Crippen LogP contribution >= 0.6 is 0 Å².